The summed E-state index contributed by atoms with van der Waals surface area (Å²) >= 11 is 0. The van der Waals surface area contributed by atoms with Crippen molar-refractivity contribution in [1.29, 1.82) is 0 Å². The Morgan fingerprint density at radius 1 is 1.09 bits per heavy atom. The van der Waals surface area contributed by atoms with Crippen LogP contribution in [0.2, 0.25) is 0 Å². The Bertz CT molecular complexity index is 1370. The van der Waals surface area contributed by atoms with Gasteiger partial charge in [-0.1, -0.05) is 0 Å². The van der Waals surface area contributed by atoms with Gasteiger partial charge in [-0.05, 0) is 62.7 Å². The lowest BCUT2D eigenvalue weighted by Crippen LogP contribution is -2.40. The number of aromatic nitrogens is 3. The molecule has 0 aliphatic heterocycles. The molecule has 0 fully saturated rings. The van der Waals surface area contributed by atoms with Crippen molar-refractivity contribution in [3.8, 4) is 11.3 Å². The first kappa shape index (κ1) is 23.5. The smallest absolute Gasteiger partial charge is 0.298 e. The Hall–Kier alpha value is -3.25. The molecule has 0 aliphatic carbocycles. The van der Waals surface area contributed by atoms with Crippen molar-refractivity contribution in [3.05, 3.63) is 72.2 Å². The molecule has 12 heteroatoms. The number of benzene rings is 1. The quantitative estimate of drug-likeness (QED) is 0.397. The Morgan fingerprint density at radius 3 is 2.34 bits per heavy atom. The fourth-order valence-electron chi connectivity index (χ4n) is 3.01. The highest BCUT2D eigenvalue weighted by Gasteiger charge is 2.32. The highest BCUT2D eigenvalue weighted by molar-refractivity contribution is 7.89. The number of Topliss-reactive ketones (excluding diaryl/α,β-unsaturated/α-hetero) is 1. The van der Waals surface area contributed by atoms with E-state index < -0.39 is 52.5 Å². The van der Waals surface area contributed by atoms with Crippen LogP contribution in [0.5, 0.6) is 0 Å². The van der Waals surface area contributed by atoms with E-state index in [9.17, 15) is 30.8 Å². The lowest BCUT2D eigenvalue weighted by Gasteiger charge is -2.25. The van der Waals surface area contributed by atoms with Crippen molar-refractivity contribution in [1.82, 2.24) is 19.3 Å². The van der Waals surface area contributed by atoms with Crippen LogP contribution in [0.15, 0.2) is 59.9 Å². The monoisotopic (exact) mass is 512 g/mol. The summed E-state index contributed by atoms with van der Waals surface area (Å²) < 4.78 is 94.8. The minimum absolute atomic E-state index is 0.0928. The number of carbonyl (C=O) groups is 1. The second kappa shape index (κ2) is 10.6. The van der Waals surface area contributed by atoms with Gasteiger partial charge in [-0.3, -0.25) is 9.78 Å². The predicted molar refractivity (Wildman–Crippen MR) is 119 cm³/mol. The van der Waals surface area contributed by atoms with E-state index in [1.165, 1.54) is 26.0 Å². The van der Waals surface area contributed by atoms with Crippen LogP contribution in [0.1, 0.15) is 34.4 Å². The third kappa shape index (κ3) is 6.67. The van der Waals surface area contributed by atoms with Gasteiger partial charge in [0, 0.05) is 29.9 Å². The topological polar surface area (TPSA) is 93.1 Å². The Kier molecular flexibility index (Phi) is 7.09. The van der Waals surface area contributed by atoms with Crippen molar-refractivity contribution in [2.75, 3.05) is 6.50 Å². The van der Waals surface area contributed by atoms with E-state index in [1.54, 1.807) is 0 Å². The van der Waals surface area contributed by atoms with Crippen molar-refractivity contribution in [3.63, 3.8) is 0 Å². The van der Waals surface area contributed by atoms with Crippen LogP contribution in [-0.2, 0) is 27.4 Å². The molecular weight excluding hydrogens is 488 g/mol. The van der Waals surface area contributed by atoms with E-state index >= 15 is 0 Å². The Morgan fingerprint density at radius 2 is 1.77 bits per heavy atom. The van der Waals surface area contributed by atoms with Gasteiger partial charge in [-0.2, -0.15) is 17.5 Å². The molecule has 0 aliphatic rings. The third-order valence-corrected chi connectivity index (χ3v) is 6.65. The van der Waals surface area contributed by atoms with Crippen LogP contribution < -0.4 is 0 Å². The number of pyridine rings is 1. The van der Waals surface area contributed by atoms with Gasteiger partial charge in [0.05, 0.1) is 19.8 Å². The van der Waals surface area contributed by atoms with E-state index in [1.807, 2.05) is 0 Å². The molecule has 0 amide bonds. The molecule has 0 radical (unpaired) electrons. The Labute approximate surface area is 202 Å². The number of ketones is 1. The summed E-state index contributed by atoms with van der Waals surface area (Å²) in [6.45, 7) is -0.128. The van der Waals surface area contributed by atoms with Gasteiger partial charge in [0.2, 0.25) is 10.0 Å². The molecule has 0 spiro atoms. The molecule has 0 bridgehead atoms. The maximum atomic E-state index is 13.3. The average Bonchev–Trinajstić information content (AvgIpc) is 2.82. The zero-order chi connectivity index (χ0) is 27.6. The number of halogens is 4. The normalized spacial score (nSPS) is 13.6. The minimum Gasteiger partial charge on any atom is -0.298 e. The van der Waals surface area contributed by atoms with E-state index in [-0.39, 0.29) is 28.3 Å². The summed E-state index contributed by atoms with van der Waals surface area (Å²) in [6, 6.07) is 6.26. The summed E-state index contributed by atoms with van der Waals surface area (Å²) in [6.07, 6.45) is -2.98. The molecule has 2 aromatic heterocycles. The molecule has 0 saturated carbocycles. The van der Waals surface area contributed by atoms with Crippen molar-refractivity contribution >= 4 is 15.8 Å². The number of alkyl halides is 3. The predicted octanol–water partition coefficient (Wildman–Crippen LogP) is 4.30. The van der Waals surface area contributed by atoms with Gasteiger partial charge in [-0.25, -0.2) is 22.8 Å². The molecule has 0 atom stereocenters. The molecule has 2 heterocycles. The van der Waals surface area contributed by atoms with Gasteiger partial charge >= 0.3 is 6.18 Å². The largest absolute Gasteiger partial charge is 0.433 e. The SMILES string of the molecule is [2H]C([2H])(C(=O)CCc1cc(-c2ccc(C(F)(F)F)nc2)ncn1)N(C(C)C)S(=O)(=O)c1ccc(F)cc1. The van der Waals surface area contributed by atoms with Crippen LogP contribution in [-0.4, -0.2) is 46.0 Å². The zero-order valence-corrected chi connectivity index (χ0v) is 19.4. The fraction of sp³-hybridized carbons (Fsp3) is 0.304. The van der Waals surface area contributed by atoms with Crippen molar-refractivity contribution in [2.45, 2.75) is 43.8 Å². The van der Waals surface area contributed by atoms with Crippen molar-refractivity contribution < 1.29 is 33.5 Å². The number of carbonyl (C=O) groups excluding carboxylic acids is 1. The van der Waals surface area contributed by atoms with Crippen LogP contribution in [0.4, 0.5) is 17.6 Å². The average molecular weight is 513 g/mol. The van der Waals surface area contributed by atoms with Gasteiger partial charge in [-0.15, -0.1) is 0 Å². The fourth-order valence-corrected chi connectivity index (χ4v) is 4.50. The van der Waals surface area contributed by atoms with Crippen LogP contribution in [0.25, 0.3) is 11.3 Å². The first-order chi connectivity index (χ1) is 17.1. The number of rotatable bonds is 9. The standard InChI is InChI=1S/C23H22F4N4O3S/c1-15(2)31(35(33,34)20-8-4-17(24)5-9-20)13-19(32)7-6-18-11-21(30-14-29-18)16-3-10-22(28-12-16)23(25,26)27/h3-5,8-12,14-15H,6-7,13H2,1-2H3/i13D2. The molecule has 0 unspecified atom stereocenters. The number of nitrogens with zero attached hydrogens (tertiary/aromatic N) is 4. The summed E-state index contributed by atoms with van der Waals surface area (Å²) in [5, 5.41) is 0. The van der Waals surface area contributed by atoms with E-state index in [0.717, 1.165) is 42.9 Å². The van der Waals surface area contributed by atoms with E-state index in [0.29, 0.717) is 4.31 Å². The molecule has 3 rings (SSSR count). The molecule has 0 saturated heterocycles. The summed E-state index contributed by atoms with van der Waals surface area (Å²) in [4.78, 5) is 23.9. The summed E-state index contributed by atoms with van der Waals surface area (Å²) in [7, 11) is -4.50. The third-order valence-electron chi connectivity index (χ3n) is 4.76. The zero-order valence-electron chi connectivity index (χ0n) is 20.6. The summed E-state index contributed by atoms with van der Waals surface area (Å²) in [5.74, 6) is -1.71. The highest BCUT2D eigenvalue weighted by Crippen LogP contribution is 2.28. The lowest BCUT2D eigenvalue weighted by atomic mass is 10.1. The van der Waals surface area contributed by atoms with Crippen LogP contribution >= 0.6 is 0 Å². The Balaban J connectivity index is 1.79. The van der Waals surface area contributed by atoms with Gasteiger partial charge in [0.15, 0.2) is 0 Å². The minimum atomic E-state index is -4.59. The highest BCUT2D eigenvalue weighted by atomic mass is 32.2. The molecule has 7 nitrogen and oxygen atoms in total. The van der Waals surface area contributed by atoms with E-state index in [2.05, 4.69) is 15.0 Å². The van der Waals surface area contributed by atoms with Gasteiger partial charge in [0.1, 0.15) is 23.6 Å². The number of aryl methyl sites for hydroxylation is 1. The van der Waals surface area contributed by atoms with Gasteiger partial charge in [0.25, 0.3) is 0 Å². The maximum absolute atomic E-state index is 13.3. The molecular formula is C23H22F4N4O3S. The molecule has 35 heavy (non-hydrogen) atoms. The van der Waals surface area contributed by atoms with Crippen molar-refractivity contribution in [2.24, 2.45) is 0 Å². The lowest BCUT2D eigenvalue weighted by molar-refractivity contribution is -0.141. The van der Waals surface area contributed by atoms with Crippen LogP contribution in [0.3, 0.4) is 0 Å². The second-order valence-electron chi connectivity index (χ2n) is 7.71. The maximum Gasteiger partial charge on any atom is 0.433 e. The van der Waals surface area contributed by atoms with E-state index in [4.69, 9.17) is 2.74 Å². The molecule has 1 aromatic carbocycles. The molecule has 0 N–H and O–H groups in total. The first-order valence-electron chi connectivity index (χ1n) is 11.3. The molecule has 3 aromatic rings. The number of hydrogen-bond donors (Lipinski definition) is 0. The van der Waals surface area contributed by atoms with Gasteiger partial charge < -0.3 is 0 Å². The first-order valence-corrected chi connectivity index (χ1v) is 11.8. The number of hydrogen-bond acceptors (Lipinski definition) is 6. The van der Waals surface area contributed by atoms with Crippen LogP contribution in [0, 0.1) is 5.82 Å². The summed E-state index contributed by atoms with van der Waals surface area (Å²) in [5.41, 5.74) is -0.269. The second-order valence-corrected chi connectivity index (χ2v) is 9.52. The number of sulfonamides is 1. The molecule has 186 valence electrons.